The van der Waals surface area contributed by atoms with Crippen LogP contribution in [0.5, 0.6) is 11.5 Å². The molecule has 0 spiro atoms. The maximum atomic E-state index is 12.5. The number of rotatable bonds is 12. The van der Waals surface area contributed by atoms with Gasteiger partial charge in [-0.05, 0) is 29.8 Å². The van der Waals surface area contributed by atoms with Crippen molar-refractivity contribution in [3.8, 4) is 11.5 Å². The highest BCUT2D eigenvalue weighted by atomic mass is 16.8. The summed E-state index contributed by atoms with van der Waals surface area (Å²) in [6.45, 7) is 3.97. The SMILES string of the molecule is COc1ccc(O[C@@H]2O[C@@H]3CO[C@@H](c4ccccc4)O[C@H]3[C@H](O[C@@H]3O[C@H](COC(C)=O)[C@H](OC(C)=O)[C@H](OC(C)=O)[C@H]3OC(C)=O)[C@H]2N=[N+]=[N-])cc1. The lowest BCUT2D eigenvalue weighted by Gasteiger charge is -2.50. The predicted molar refractivity (Wildman–Crippen MR) is 172 cm³/mol. The van der Waals surface area contributed by atoms with Gasteiger partial charge < -0.3 is 52.1 Å². The fourth-order valence-corrected chi connectivity index (χ4v) is 6.02. The molecule has 5 rings (SSSR count). The van der Waals surface area contributed by atoms with Gasteiger partial charge in [-0.2, -0.15) is 0 Å². The third kappa shape index (κ3) is 9.47. The Labute approximate surface area is 298 Å². The van der Waals surface area contributed by atoms with E-state index >= 15 is 0 Å². The van der Waals surface area contributed by atoms with Gasteiger partial charge in [0.15, 0.2) is 30.9 Å². The van der Waals surface area contributed by atoms with Gasteiger partial charge in [-0.15, -0.1) is 0 Å². The van der Waals surface area contributed by atoms with Gasteiger partial charge in [-0.25, -0.2) is 0 Å². The fraction of sp³-hybridized carbons (Fsp3) is 0.529. The number of carbonyl (C=O) groups is 4. The van der Waals surface area contributed by atoms with Crippen molar-refractivity contribution in [3.63, 3.8) is 0 Å². The molecule has 3 aliphatic heterocycles. The smallest absolute Gasteiger partial charge is 0.303 e. The monoisotopic (exact) mass is 729 g/mol. The Kier molecular flexibility index (Phi) is 12.9. The van der Waals surface area contributed by atoms with Crippen LogP contribution in [-0.4, -0.2) is 106 Å². The highest BCUT2D eigenvalue weighted by Crippen LogP contribution is 2.40. The summed E-state index contributed by atoms with van der Waals surface area (Å²) in [6.07, 6.45) is -12.8. The standard InChI is InChI=1S/C34H39N3O15/c1-17(38)43-15-24-28(45-18(2)39)30(46-19(3)40)31(47-20(4)41)34(50-24)52-29-26(36-37-35)33(48-23-13-11-22(42-5)12-14-23)49-25-16-44-32(51-27(25)29)21-9-7-6-8-10-21/h6-14,24-34H,15-16H2,1-5H3/t24-,25-,26-,27-,28+,29-,30+,31-,32-,33-,34+/m1/s1. The van der Waals surface area contributed by atoms with Crippen LogP contribution in [0.15, 0.2) is 59.7 Å². The summed E-state index contributed by atoms with van der Waals surface area (Å²) in [5.74, 6) is -2.25. The van der Waals surface area contributed by atoms with Crippen molar-refractivity contribution < 1.29 is 71.3 Å². The second kappa shape index (κ2) is 17.5. The number of esters is 4. The molecule has 11 atom stereocenters. The van der Waals surface area contributed by atoms with Crippen LogP contribution in [0.2, 0.25) is 0 Å². The largest absolute Gasteiger partial charge is 0.497 e. The average Bonchev–Trinajstić information content (AvgIpc) is 3.11. The Morgan fingerprint density at radius 2 is 1.40 bits per heavy atom. The molecule has 2 aromatic carbocycles. The zero-order valence-corrected chi connectivity index (χ0v) is 28.9. The molecule has 0 aliphatic carbocycles. The van der Waals surface area contributed by atoms with Crippen LogP contribution in [0.1, 0.15) is 39.5 Å². The van der Waals surface area contributed by atoms with Crippen LogP contribution < -0.4 is 9.47 Å². The summed E-state index contributed by atoms with van der Waals surface area (Å²) in [5, 5.41) is 3.99. The molecule has 3 saturated heterocycles. The van der Waals surface area contributed by atoms with E-state index in [2.05, 4.69) is 10.0 Å². The summed E-state index contributed by atoms with van der Waals surface area (Å²) >= 11 is 0. The van der Waals surface area contributed by atoms with Crippen molar-refractivity contribution >= 4 is 23.9 Å². The summed E-state index contributed by atoms with van der Waals surface area (Å²) in [7, 11) is 1.51. The number of fused-ring (bicyclic) bond motifs is 1. The summed E-state index contributed by atoms with van der Waals surface area (Å²) in [4.78, 5) is 52.0. The first-order chi connectivity index (χ1) is 25.0. The van der Waals surface area contributed by atoms with Gasteiger partial charge in [0.05, 0.1) is 13.7 Å². The van der Waals surface area contributed by atoms with E-state index in [1.54, 1.807) is 48.5 Å². The Morgan fingerprint density at radius 3 is 2.02 bits per heavy atom. The van der Waals surface area contributed by atoms with E-state index in [0.29, 0.717) is 17.1 Å². The van der Waals surface area contributed by atoms with E-state index in [-0.39, 0.29) is 6.61 Å². The zero-order chi connectivity index (χ0) is 37.4. The molecule has 3 aliphatic rings. The fourth-order valence-electron chi connectivity index (χ4n) is 6.02. The van der Waals surface area contributed by atoms with E-state index < -0.39 is 98.1 Å². The summed E-state index contributed by atoms with van der Waals surface area (Å²) in [5.41, 5.74) is 10.4. The van der Waals surface area contributed by atoms with Crippen molar-refractivity contribution in [1.29, 1.82) is 0 Å². The maximum absolute atomic E-state index is 12.5. The van der Waals surface area contributed by atoms with E-state index in [9.17, 15) is 24.7 Å². The molecule has 0 aromatic heterocycles. The number of carbonyl (C=O) groups excluding carboxylic acids is 4. The molecule has 0 saturated carbocycles. The number of methoxy groups -OCH3 is 1. The molecule has 0 radical (unpaired) electrons. The van der Waals surface area contributed by atoms with E-state index in [1.165, 1.54) is 7.11 Å². The van der Waals surface area contributed by atoms with E-state index in [4.69, 9.17) is 52.1 Å². The lowest BCUT2D eigenvalue weighted by atomic mass is 9.94. The first kappa shape index (κ1) is 38.3. The molecule has 18 nitrogen and oxygen atoms in total. The molecule has 0 unspecified atom stereocenters. The molecule has 18 heteroatoms. The van der Waals surface area contributed by atoms with Crippen molar-refractivity contribution in [2.45, 2.75) is 95.3 Å². The van der Waals surface area contributed by atoms with Gasteiger partial charge >= 0.3 is 23.9 Å². The maximum Gasteiger partial charge on any atom is 0.303 e. The summed E-state index contributed by atoms with van der Waals surface area (Å²) in [6, 6.07) is 14.3. The van der Waals surface area contributed by atoms with Crippen molar-refractivity contribution in [2.24, 2.45) is 5.11 Å². The van der Waals surface area contributed by atoms with Gasteiger partial charge in [0.2, 0.25) is 6.29 Å². The Hall–Kier alpha value is -4.97. The molecule has 0 N–H and O–H groups in total. The van der Waals surface area contributed by atoms with Crippen LogP contribution in [-0.2, 0) is 61.8 Å². The van der Waals surface area contributed by atoms with Crippen molar-refractivity contribution in [3.05, 3.63) is 70.6 Å². The van der Waals surface area contributed by atoms with Gasteiger partial charge in [0.25, 0.3) is 0 Å². The number of nitrogens with zero attached hydrogens (tertiary/aromatic N) is 3. The molecular weight excluding hydrogens is 690 g/mol. The first-order valence-electron chi connectivity index (χ1n) is 16.3. The molecule has 0 amide bonds. The van der Waals surface area contributed by atoms with Crippen molar-refractivity contribution in [1.82, 2.24) is 0 Å². The Bertz CT molecular complexity index is 1600. The highest BCUT2D eigenvalue weighted by Gasteiger charge is 2.57. The number of ether oxygens (including phenoxy) is 11. The van der Waals surface area contributed by atoms with Gasteiger partial charge in [-0.1, -0.05) is 35.4 Å². The Morgan fingerprint density at radius 1 is 0.769 bits per heavy atom. The summed E-state index contributed by atoms with van der Waals surface area (Å²) < 4.78 is 64.7. The second-order valence-electron chi connectivity index (χ2n) is 11.9. The first-order valence-corrected chi connectivity index (χ1v) is 16.3. The van der Waals surface area contributed by atoms with E-state index in [1.807, 2.05) is 6.07 Å². The van der Waals surface area contributed by atoms with Crippen LogP contribution in [0.25, 0.3) is 10.4 Å². The van der Waals surface area contributed by atoms with Gasteiger partial charge in [0, 0.05) is 38.2 Å². The van der Waals surface area contributed by atoms with E-state index in [0.717, 1.165) is 27.7 Å². The number of benzene rings is 2. The minimum Gasteiger partial charge on any atom is -0.497 e. The molecule has 3 fully saturated rings. The molecule has 280 valence electrons. The minimum atomic E-state index is -1.64. The van der Waals surface area contributed by atoms with Crippen LogP contribution in [0, 0.1) is 0 Å². The minimum absolute atomic E-state index is 0.0197. The highest BCUT2D eigenvalue weighted by molar-refractivity contribution is 5.68. The molecule has 0 bridgehead atoms. The second-order valence-corrected chi connectivity index (χ2v) is 11.9. The van der Waals surface area contributed by atoms with Gasteiger partial charge in [0.1, 0.15) is 48.6 Å². The number of hydrogen-bond donors (Lipinski definition) is 0. The third-order valence-corrected chi connectivity index (χ3v) is 8.12. The van der Waals surface area contributed by atoms with Crippen LogP contribution in [0.3, 0.4) is 0 Å². The predicted octanol–water partition coefficient (Wildman–Crippen LogP) is 3.06. The zero-order valence-electron chi connectivity index (χ0n) is 28.9. The third-order valence-electron chi connectivity index (χ3n) is 8.12. The molecular formula is C34H39N3O15. The average molecular weight is 730 g/mol. The van der Waals surface area contributed by atoms with Gasteiger partial charge in [-0.3, -0.25) is 19.2 Å². The normalized spacial score (nSPS) is 31.1. The van der Waals surface area contributed by atoms with Crippen molar-refractivity contribution in [2.75, 3.05) is 20.3 Å². The van der Waals surface area contributed by atoms with Crippen LogP contribution in [0.4, 0.5) is 0 Å². The quantitative estimate of drug-likeness (QED) is 0.101. The lowest BCUT2D eigenvalue weighted by Crippen LogP contribution is -2.67. The molecule has 2 aromatic rings. The van der Waals surface area contributed by atoms with Crippen LogP contribution >= 0.6 is 0 Å². The number of hydrogen-bond acceptors (Lipinski definition) is 16. The molecule has 52 heavy (non-hydrogen) atoms. The number of azide groups is 1. The lowest BCUT2D eigenvalue weighted by molar-refractivity contribution is -0.370. The molecule has 3 heterocycles. The Balaban J connectivity index is 1.56. The topological polar surface area (TPSA) is 219 Å².